The molecule has 0 saturated carbocycles. The average molecular weight is 268 g/mol. The Bertz CT molecular complexity index is 743. The lowest BCUT2D eigenvalue weighted by atomic mass is 10.0. The van der Waals surface area contributed by atoms with Gasteiger partial charge in [0.1, 0.15) is 6.33 Å². The van der Waals surface area contributed by atoms with Gasteiger partial charge in [-0.15, -0.1) is 17.9 Å². The number of rotatable bonds is 4. The van der Waals surface area contributed by atoms with Crippen LogP contribution in [-0.4, -0.2) is 9.97 Å². The van der Waals surface area contributed by atoms with E-state index in [9.17, 15) is 0 Å². The van der Waals surface area contributed by atoms with Crippen molar-refractivity contribution in [2.45, 2.75) is 26.2 Å². The number of aryl methyl sites for hydroxylation is 2. The summed E-state index contributed by atoms with van der Waals surface area (Å²) in [6.45, 7) is 6.00. The Balaban J connectivity index is 2.11. The molecule has 0 unspecified atom stereocenters. The van der Waals surface area contributed by atoms with Gasteiger partial charge in [-0.2, -0.15) is 0 Å². The minimum Gasteiger partial charge on any atom is -0.243 e. The average Bonchev–Trinajstić information content (AvgIpc) is 2.81. The molecule has 0 bridgehead atoms. The second kappa shape index (κ2) is 5.10. The van der Waals surface area contributed by atoms with Gasteiger partial charge in [-0.05, 0) is 37.3 Å². The zero-order valence-electron chi connectivity index (χ0n) is 11.0. The highest BCUT2D eigenvalue weighted by Gasteiger charge is 2.10. The summed E-state index contributed by atoms with van der Waals surface area (Å²) < 4.78 is 2.52. The molecule has 2 heterocycles. The van der Waals surface area contributed by atoms with Gasteiger partial charge in [-0.1, -0.05) is 18.2 Å². The maximum absolute atomic E-state index is 4.40. The van der Waals surface area contributed by atoms with Crippen LogP contribution >= 0.6 is 11.3 Å². The van der Waals surface area contributed by atoms with Crippen molar-refractivity contribution in [2.75, 3.05) is 0 Å². The van der Waals surface area contributed by atoms with Gasteiger partial charge in [0.2, 0.25) is 0 Å². The molecule has 0 amide bonds. The first kappa shape index (κ1) is 12.3. The summed E-state index contributed by atoms with van der Waals surface area (Å²) in [5, 5.41) is 1.26. The van der Waals surface area contributed by atoms with Crippen molar-refractivity contribution in [2.24, 2.45) is 0 Å². The Morgan fingerprint density at radius 2 is 2.26 bits per heavy atom. The van der Waals surface area contributed by atoms with Crippen LogP contribution in [0, 0.1) is 6.92 Å². The molecule has 3 aromatic rings. The largest absolute Gasteiger partial charge is 0.243 e. The topological polar surface area (TPSA) is 25.8 Å². The molecule has 0 N–H and O–H groups in total. The first-order chi connectivity index (χ1) is 9.31. The molecule has 96 valence electrons. The minimum atomic E-state index is 1.08. The van der Waals surface area contributed by atoms with Crippen molar-refractivity contribution in [1.29, 1.82) is 0 Å². The summed E-state index contributed by atoms with van der Waals surface area (Å²) in [5.41, 5.74) is 3.91. The first-order valence-corrected chi connectivity index (χ1v) is 7.34. The van der Waals surface area contributed by atoms with E-state index in [1.807, 2.05) is 12.3 Å². The molecule has 3 rings (SSSR count). The fraction of sp³-hybridized carbons (Fsp3) is 0.250. The van der Waals surface area contributed by atoms with Gasteiger partial charge in [0.05, 0.1) is 10.2 Å². The molecule has 0 spiro atoms. The fourth-order valence-corrected chi connectivity index (χ4v) is 3.61. The first-order valence-electron chi connectivity index (χ1n) is 6.53. The Kier molecular flexibility index (Phi) is 3.30. The summed E-state index contributed by atoms with van der Waals surface area (Å²) in [4.78, 5) is 8.51. The Morgan fingerprint density at radius 3 is 3.11 bits per heavy atom. The molecule has 0 aliphatic heterocycles. The van der Waals surface area contributed by atoms with E-state index in [4.69, 9.17) is 0 Å². The third kappa shape index (κ3) is 2.15. The molecule has 2 nitrogen and oxygen atoms in total. The van der Waals surface area contributed by atoms with Crippen molar-refractivity contribution in [3.8, 4) is 0 Å². The number of allylic oxidation sites excluding steroid dienone is 1. The lowest BCUT2D eigenvalue weighted by Gasteiger charge is -2.05. The standard InChI is InChI=1S/C16H16N2S/c1-3-4-5-6-12-7-8-13-15-14(9-17-10-18-15)19-16(13)11(12)2/h3,7-10H,1,4-6H2,2H3. The lowest BCUT2D eigenvalue weighted by Crippen LogP contribution is -1.89. The van der Waals surface area contributed by atoms with Crippen molar-refractivity contribution < 1.29 is 0 Å². The molecule has 0 radical (unpaired) electrons. The number of unbranched alkanes of at least 4 members (excludes halogenated alkanes) is 1. The van der Waals surface area contributed by atoms with Gasteiger partial charge in [-0.3, -0.25) is 0 Å². The maximum Gasteiger partial charge on any atom is 0.116 e. The Hall–Kier alpha value is -1.74. The van der Waals surface area contributed by atoms with Gasteiger partial charge in [0, 0.05) is 16.3 Å². The summed E-state index contributed by atoms with van der Waals surface area (Å²) in [7, 11) is 0. The SMILES string of the molecule is C=CCCCc1ccc2c(sc3cncnc32)c1C. The zero-order valence-corrected chi connectivity index (χ0v) is 11.8. The summed E-state index contributed by atoms with van der Waals surface area (Å²) in [6.07, 6.45) is 8.89. The van der Waals surface area contributed by atoms with Gasteiger partial charge < -0.3 is 0 Å². The van der Waals surface area contributed by atoms with Crippen molar-refractivity contribution in [3.05, 3.63) is 48.4 Å². The van der Waals surface area contributed by atoms with Crippen LogP contribution < -0.4 is 0 Å². The molecule has 0 fully saturated rings. The highest BCUT2D eigenvalue weighted by molar-refractivity contribution is 7.25. The second-order valence-corrected chi connectivity index (χ2v) is 5.80. The predicted molar refractivity (Wildman–Crippen MR) is 82.8 cm³/mol. The van der Waals surface area contributed by atoms with Crippen LogP contribution in [0.25, 0.3) is 20.3 Å². The third-order valence-corrected chi connectivity index (χ3v) is 4.77. The molecular formula is C16H16N2S. The van der Waals surface area contributed by atoms with E-state index in [2.05, 4.69) is 35.6 Å². The smallest absolute Gasteiger partial charge is 0.116 e. The monoisotopic (exact) mass is 268 g/mol. The summed E-state index contributed by atoms with van der Waals surface area (Å²) in [5.74, 6) is 0. The highest BCUT2D eigenvalue weighted by atomic mass is 32.1. The van der Waals surface area contributed by atoms with Crippen LogP contribution in [0.2, 0.25) is 0 Å². The van der Waals surface area contributed by atoms with Crippen LogP contribution in [-0.2, 0) is 6.42 Å². The summed E-state index contributed by atoms with van der Waals surface area (Å²) >= 11 is 1.80. The highest BCUT2D eigenvalue weighted by Crippen LogP contribution is 2.35. The molecule has 0 aliphatic carbocycles. The lowest BCUT2D eigenvalue weighted by molar-refractivity contribution is 0.840. The van der Waals surface area contributed by atoms with Crippen molar-refractivity contribution in [3.63, 3.8) is 0 Å². The van der Waals surface area contributed by atoms with Gasteiger partial charge in [-0.25, -0.2) is 9.97 Å². The van der Waals surface area contributed by atoms with Crippen molar-refractivity contribution in [1.82, 2.24) is 9.97 Å². The van der Waals surface area contributed by atoms with Crippen molar-refractivity contribution >= 4 is 31.6 Å². The molecule has 19 heavy (non-hydrogen) atoms. The normalized spacial score (nSPS) is 11.2. The van der Waals surface area contributed by atoms with E-state index in [0.29, 0.717) is 0 Å². The number of benzene rings is 1. The molecule has 2 aromatic heterocycles. The van der Waals surface area contributed by atoms with Gasteiger partial charge >= 0.3 is 0 Å². The third-order valence-electron chi connectivity index (χ3n) is 3.52. The van der Waals surface area contributed by atoms with Crippen LogP contribution in [0.3, 0.4) is 0 Å². The number of hydrogen-bond acceptors (Lipinski definition) is 3. The maximum atomic E-state index is 4.40. The summed E-state index contributed by atoms with van der Waals surface area (Å²) in [6, 6.07) is 4.45. The van der Waals surface area contributed by atoms with Crippen LogP contribution in [0.15, 0.2) is 37.3 Å². The fourth-order valence-electron chi connectivity index (χ4n) is 2.46. The Morgan fingerprint density at radius 1 is 1.37 bits per heavy atom. The predicted octanol–water partition coefficient (Wildman–Crippen LogP) is 4.66. The van der Waals surface area contributed by atoms with E-state index in [1.165, 1.54) is 32.3 Å². The quantitative estimate of drug-likeness (QED) is 0.508. The van der Waals surface area contributed by atoms with E-state index in [0.717, 1.165) is 18.4 Å². The van der Waals surface area contributed by atoms with Gasteiger partial charge in [0.15, 0.2) is 0 Å². The molecule has 1 aromatic carbocycles. The van der Waals surface area contributed by atoms with E-state index in [1.54, 1.807) is 17.7 Å². The molecular weight excluding hydrogens is 252 g/mol. The van der Waals surface area contributed by atoms with E-state index in [-0.39, 0.29) is 0 Å². The van der Waals surface area contributed by atoms with E-state index >= 15 is 0 Å². The molecule has 3 heteroatoms. The number of fused-ring (bicyclic) bond motifs is 3. The minimum absolute atomic E-state index is 1.08. The van der Waals surface area contributed by atoms with Crippen LogP contribution in [0.1, 0.15) is 24.0 Å². The number of aromatic nitrogens is 2. The van der Waals surface area contributed by atoms with Crippen LogP contribution in [0.4, 0.5) is 0 Å². The second-order valence-electron chi connectivity index (χ2n) is 4.74. The molecule has 0 saturated heterocycles. The molecule has 0 atom stereocenters. The Labute approximate surface area is 116 Å². The number of hydrogen-bond donors (Lipinski definition) is 0. The van der Waals surface area contributed by atoms with Gasteiger partial charge in [0.25, 0.3) is 0 Å². The zero-order chi connectivity index (χ0) is 13.2. The molecule has 0 aliphatic rings. The number of thiophene rings is 1. The van der Waals surface area contributed by atoms with Crippen LogP contribution in [0.5, 0.6) is 0 Å². The number of nitrogens with zero attached hydrogens (tertiary/aromatic N) is 2. The van der Waals surface area contributed by atoms with E-state index < -0.39 is 0 Å².